The topological polar surface area (TPSA) is 55.8 Å². The minimum atomic E-state index is -0.569. The minimum absolute atomic E-state index is 0.325. The molecule has 0 aliphatic carbocycles. The molecule has 0 bridgehead atoms. The van der Waals surface area contributed by atoms with E-state index < -0.39 is 11.9 Å². The molecule has 0 aromatic carbocycles. The highest BCUT2D eigenvalue weighted by molar-refractivity contribution is 5.91. The van der Waals surface area contributed by atoms with E-state index in [2.05, 4.69) is 9.64 Å². The molecule has 0 aromatic rings. The van der Waals surface area contributed by atoms with E-state index >= 15 is 0 Å². The van der Waals surface area contributed by atoms with Crippen LogP contribution >= 0.6 is 0 Å². The third-order valence-corrected chi connectivity index (χ3v) is 2.10. The van der Waals surface area contributed by atoms with Gasteiger partial charge in [0.25, 0.3) is 0 Å². The molecule has 0 N–H and O–H groups in total. The van der Waals surface area contributed by atoms with Gasteiger partial charge in [-0.1, -0.05) is 13.8 Å². The van der Waals surface area contributed by atoms with Gasteiger partial charge in [-0.25, -0.2) is 9.59 Å². The van der Waals surface area contributed by atoms with Crippen molar-refractivity contribution < 1.29 is 19.1 Å². The molecule has 16 heavy (non-hydrogen) atoms. The molecule has 5 nitrogen and oxygen atoms in total. The molecule has 0 unspecified atom stereocenters. The summed E-state index contributed by atoms with van der Waals surface area (Å²) < 4.78 is 9.23. The fraction of sp³-hybridized carbons (Fsp3) is 0.636. The second kappa shape index (κ2) is 8.91. The quantitative estimate of drug-likeness (QED) is 0.472. The van der Waals surface area contributed by atoms with Crippen molar-refractivity contribution in [3.8, 4) is 0 Å². The zero-order valence-corrected chi connectivity index (χ0v) is 10.1. The Morgan fingerprint density at radius 1 is 1.12 bits per heavy atom. The Morgan fingerprint density at radius 2 is 1.69 bits per heavy atom. The zero-order chi connectivity index (χ0) is 12.4. The van der Waals surface area contributed by atoms with Crippen molar-refractivity contribution >= 4 is 11.9 Å². The maximum Gasteiger partial charge on any atom is 0.331 e. The second-order valence-electron chi connectivity index (χ2n) is 3.05. The van der Waals surface area contributed by atoms with Crippen LogP contribution in [0.3, 0.4) is 0 Å². The highest BCUT2D eigenvalue weighted by Gasteiger charge is 2.02. The molecule has 0 spiro atoms. The van der Waals surface area contributed by atoms with Crippen LogP contribution in [-0.4, -0.2) is 50.2 Å². The van der Waals surface area contributed by atoms with Crippen molar-refractivity contribution in [1.82, 2.24) is 4.90 Å². The van der Waals surface area contributed by atoms with Gasteiger partial charge in [-0.2, -0.15) is 0 Å². The Kier molecular flexibility index (Phi) is 8.15. The summed E-state index contributed by atoms with van der Waals surface area (Å²) in [7, 11) is 1.25. The lowest BCUT2D eigenvalue weighted by Gasteiger charge is -2.16. The summed E-state index contributed by atoms with van der Waals surface area (Å²) in [6, 6.07) is 0. The summed E-state index contributed by atoms with van der Waals surface area (Å²) >= 11 is 0. The number of carbonyl (C=O) groups is 2. The van der Waals surface area contributed by atoms with Gasteiger partial charge in [0.05, 0.1) is 7.11 Å². The van der Waals surface area contributed by atoms with Crippen molar-refractivity contribution in [2.24, 2.45) is 0 Å². The van der Waals surface area contributed by atoms with Gasteiger partial charge in [0.15, 0.2) is 0 Å². The number of methoxy groups -OCH3 is 1. The molecule has 0 aliphatic heterocycles. The number of carbonyl (C=O) groups excluding carboxylic acids is 2. The average Bonchev–Trinajstić information content (AvgIpc) is 2.31. The standard InChI is InChI=1S/C11H19NO4/c1-4-12(5-2)8-9-16-11(14)7-6-10(13)15-3/h6-7H,4-5,8-9H2,1-3H3. The van der Waals surface area contributed by atoms with Crippen LogP contribution in [0.1, 0.15) is 13.8 Å². The van der Waals surface area contributed by atoms with E-state index in [9.17, 15) is 9.59 Å². The van der Waals surface area contributed by atoms with Crippen LogP contribution in [0.25, 0.3) is 0 Å². The summed E-state index contributed by atoms with van der Waals surface area (Å²) in [5.74, 6) is -1.10. The van der Waals surface area contributed by atoms with Crippen LogP contribution in [0, 0.1) is 0 Å². The van der Waals surface area contributed by atoms with E-state index in [-0.39, 0.29) is 0 Å². The number of esters is 2. The predicted octanol–water partition coefficient (Wildman–Crippen LogP) is 0.601. The minimum Gasteiger partial charge on any atom is -0.466 e. The molecule has 0 aliphatic rings. The fourth-order valence-electron chi connectivity index (χ4n) is 1.07. The monoisotopic (exact) mass is 229 g/mol. The van der Waals surface area contributed by atoms with Crippen molar-refractivity contribution in [1.29, 1.82) is 0 Å². The molecule has 0 rings (SSSR count). The molecule has 92 valence electrons. The largest absolute Gasteiger partial charge is 0.466 e. The maximum absolute atomic E-state index is 11.1. The van der Waals surface area contributed by atoms with E-state index in [1.165, 1.54) is 7.11 Å². The highest BCUT2D eigenvalue weighted by atomic mass is 16.5. The molecule has 0 saturated heterocycles. The van der Waals surface area contributed by atoms with Crippen molar-refractivity contribution in [3.63, 3.8) is 0 Å². The smallest absolute Gasteiger partial charge is 0.331 e. The van der Waals surface area contributed by atoms with Crippen molar-refractivity contribution in [2.45, 2.75) is 13.8 Å². The molecule has 5 heteroatoms. The summed E-state index contributed by atoms with van der Waals surface area (Å²) in [5, 5.41) is 0. The van der Waals surface area contributed by atoms with Gasteiger partial charge >= 0.3 is 11.9 Å². The van der Waals surface area contributed by atoms with Crippen molar-refractivity contribution in [2.75, 3.05) is 33.4 Å². The van der Waals surface area contributed by atoms with Gasteiger partial charge < -0.3 is 14.4 Å². The van der Waals surface area contributed by atoms with E-state index in [0.29, 0.717) is 13.2 Å². The lowest BCUT2D eigenvalue weighted by atomic mass is 10.5. The van der Waals surface area contributed by atoms with Gasteiger partial charge in [-0.05, 0) is 13.1 Å². The number of hydrogen-bond donors (Lipinski definition) is 0. The molecular formula is C11H19NO4. The first-order valence-electron chi connectivity index (χ1n) is 5.29. The predicted molar refractivity (Wildman–Crippen MR) is 59.9 cm³/mol. The van der Waals surface area contributed by atoms with E-state index in [1.54, 1.807) is 0 Å². The molecule has 0 saturated carbocycles. The summed E-state index contributed by atoms with van der Waals surface area (Å²) in [4.78, 5) is 23.9. The van der Waals surface area contributed by atoms with Crippen LogP contribution in [0.2, 0.25) is 0 Å². The Morgan fingerprint density at radius 3 is 2.19 bits per heavy atom. The van der Waals surface area contributed by atoms with Gasteiger partial charge in [-0.3, -0.25) is 0 Å². The van der Waals surface area contributed by atoms with Crippen molar-refractivity contribution in [3.05, 3.63) is 12.2 Å². The lowest BCUT2D eigenvalue weighted by molar-refractivity contribution is -0.139. The number of nitrogens with zero attached hydrogens (tertiary/aromatic N) is 1. The third-order valence-electron chi connectivity index (χ3n) is 2.10. The first-order valence-corrected chi connectivity index (χ1v) is 5.29. The third kappa shape index (κ3) is 7.00. The van der Waals surface area contributed by atoms with Crippen LogP contribution in [0.5, 0.6) is 0 Å². The Hall–Kier alpha value is -1.36. The first-order chi connectivity index (χ1) is 7.63. The number of likely N-dealkylation sites (N-methyl/N-ethyl adjacent to an activating group) is 1. The van der Waals surface area contributed by atoms with E-state index in [4.69, 9.17) is 4.74 Å². The molecule has 0 amide bonds. The van der Waals surface area contributed by atoms with Crippen LogP contribution in [0.15, 0.2) is 12.2 Å². The Bertz CT molecular complexity index is 246. The number of hydrogen-bond acceptors (Lipinski definition) is 5. The summed E-state index contributed by atoms with van der Waals surface area (Å²) in [6.07, 6.45) is 2.10. The van der Waals surface area contributed by atoms with E-state index in [0.717, 1.165) is 25.2 Å². The molecule has 0 heterocycles. The molecule has 0 radical (unpaired) electrons. The lowest BCUT2D eigenvalue weighted by Crippen LogP contribution is -2.27. The summed E-state index contributed by atoms with van der Waals surface area (Å²) in [6.45, 7) is 6.96. The molecule has 0 atom stereocenters. The number of ether oxygens (including phenoxy) is 2. The molecule has 0 fully saturated rings. The number of rotatable bonds is 7. The highest BCUT2D eigenvalue weighted by Crippen LogP contribution is 1.89. The average molecular weight is 229 g/mol. The normalized spacial score (nSPS) is 10.8. The van der Waals surface area contributed by atoms with Gasteiger partial charge in [0.1, 0.15) is 6.61 Å². The van der Waals surface area contributed by atoms with Crippen LogP contribution in [-0.2, 0) is 19.1 Å². The Balaban J connectivity index is 3.73. The SMILES string of the molecule is CCN(CC)CCOC(=O)C=CC(=O)OC. The summed E-state index contributed by atoms with van der Waals surface area (Å²) in [5.41, 5.74) is 0. The molecular weight excluding hydrogens is 210 g/mol. The second-order valence-corrected chi connectivity index (χ2v) is 3.05. The zero-order valence-electron chi connectivity index (χ0n) is 10.1. The van der Waals surface area contributed by atoms with Crippen LogP contribution < -0.4 is 0 Å². The fourth-order valence-corrected chi connectivity index (χ4v) is 1.07. The van der Waals surface area contributed by atoms with Gasteiger partial charge in [0, 0.05) is 18.7 Å². The van der Waals surface area contributed by atoms with Gasteiger partial charge in [-0.15, -0.1) is 0 Å². The van der Waals surface area contributed by atoms with E-state index in [1.807, 2.05) is 13.8 Å². The first kappa shape index (κ1) is 14.6. The van der Waals surface area contributed by atoms with Crippen LogP contribution in [0.4, 0.5) is 0 Å². The maximum atomic E-state index is 11.1. The Labute approximate surface area is 96.0 Å². The molecule has 0 aromatic heterocycles. The van der Waals surface area contributed by atoms with Gasteiger partial charge in [0.2, 0.25) is 0 Å².